The number of pyridine rings is 1. The van der Waals surface area contributed by atoms with E-state index >= 15 is 0 Å². The molecular weight excluding hydrogens is 164 g/mol. The monoisotopic (exact) mass is 178 g/mol. The van der Waals surface area contributed by atoms with Crippen LogP contribution in [-0.2, 0) is 11.2 Å². The third kappa shape index (κ3) is 3.23. The molecule has 0 aliphatic carbocycles. The quantitative estimate of drug-likeness (QED) is 0.751. The van der Waals surface area contributed by atoms with Crippen molar-refractivity contribution in [2.75, 3.05) is 0 Å². The van der Waals surface area contributed by atoms with Gasteiger partial charge < -0.3 is 5.73 Å². The van der Waals surface area contributed by atoms with E-state index in [1.54, 1.807) is 6.20 Å². The first-order valence-electron chi connectivity index (χ1n) is 4.39. The van der Waals surface area contributed by atoms with Gasteiger partial charge in [0.15, 0.2) is 0 Å². The van der Waals surface area contributed by atoms with E-state index in [-0.39, 0.29) is 11.8 Å². The SMILES string of the molecule is CC(CCc1ccccn1)C(N)=O. The highest BCUT2D eigenvalue weighted by atomic mass is 16.1. The van der Waals surface area contributed by atoms with Crippen molar-refractivity contribution in [1.29, 1.82) is 0 Å². The van der Waals surface area contributed by atoms with Crippen molar-refractivity contribution >= 4 is 5.91 Å². The number of nitrogens with zero attached hydrogens (tertiary/aromatic N) is 1. The van der Waals surface area contributed by atoms with Crippen molar-refractivity contribution in [3.05, 3.63) is 30.1 Å². The molecule has 1 atom stereocenters. The van der Waals surface area contributed by atoms with Gasteiger partial charge in [-0.1, -0.05) is 13.0 Å². The second-order valence-electron chi connectivity index (χ2n) is 3.16. The highest BCUT2D eigenvalue weighted by Gasteiger charge is 2.08. The van der Waals surface area contributed by atoms with Crippen LogP contribution in [0.5, 0.6) is 0 Å². The summed E-state index contributed by atoms with van der Waals surface area (Å²) in [6, 6.07) is 5.77. The zero-order valence-electron chi connectivity index (χ0n) is 7.73. The zero-order valence-corrected chi connectivity index (χ0v) is 7.73. The Hall–Kier alpha value is -1.38. The Morgan fingerprint density at radius 1 is 1.62 bits per heavy atom. The van der Waals surface area contributed by atoms with E-state index in [0.29, 0.717) is 0 Å². The molecule has 1 amide bonds. The highest BCUT2D eigenvalue weighted by molar-refractivity contribution is 5.76. The van der Waals surface area contributed by atoms with E-state index in [2.05, 4.69) is 4.98 Å². The van der Waals surface area contributed by atoms with E-state index < -0.39 is 0 Å². The van der Waals surface area contributed by atoms with Gasteiger partial charge >= 0.3 is 0 Å². The van der Waals surface area contributed by atoms with Crippen LogP contribution in [0.15, 0.2) is 24.4 Å². The van der Waals surface area contributed by atoms with Crippen LogP contribution in [0.3, 0.4) is 0 Å². The molecule has 1 heterocycles. The van der Waals surface area contributed by atoms with Gasteiger partial charge in [-0.15, -0.1) is 0 Å². The Labute approximate surface area is 78.0 Å². The Morgan fingerprint density at radius 2 is 2.38 bits per heavy atom. The average molecular weight is 178 g/mol. The van der Waals surface area contributed by atoms with Crippen molar-refractivity contribution in [2.45, 2.75) is 19.8 Å². The number of amides is 1. The molecule has 13 heavy (non-hydrogen) atoms. The first kappa shape index (κ1) is 9.71. The number of carbonyl (C=O) groups excluding carboxylic acids is 1. The fourth-order valence-electron chi connectivity index (χ4n) is 1.05. The van der Waals surface area contributed by atoms with Gasteiger partial charge in [-0.25, -0.2) is 0 Å². The van der Waals surface area contributed by atoms with Crippen LogP contribution in [0.4, 0.5) is 0 Å². The molecule has 70 valence electrons. The predicted octanol–water partition coefficient (Wildman–Crippen LogP) is 1.14. The van der Waals surface area contributed by atoms with Gasteiger partial charge in [0.25, 0.3) is 0 Å². The molecule has 1 rings (SSSR count). The van der Waals surface area contributed by atoms with E-state index in [9.17, 15) is 4.79 Å². The molecular formula is C10H14N2O. The van der Waals surface area contributed by atoms with Crippen molar-refractivity contribution in [1.82, 2.24) is 4.98 Å². The van der Waals surface area contributed by atoms with Crippen LogP contribution in [0.1, 0.15) is 19.0 Å². The molecule has 0 aromatic carbocycles. The summed E-state index contributed by atoms with van der Waals surface area (Å²) in [5, 5.41) is 0. The summed E-state index contributed by atoms with van der Waals surface area (Å²) in [4.78, 5) is 14.9. The summed E-state index contributed by atoms with van der Waals surface area (Å²) >= 11 is 0. The smallest absolute Gasteiger partial charge is 0.220 e. The fourth-order valence-corrected chi connectivity index (χ4v) is 1.05. The third-order valence-corrected chi connectivity index (χ3v) is 2.05. The van der Waals surface area contributed by atoms with Crippen LogP contribution < -0.4 is 5.73 Å². The molecule has 0 aliphatic heterocycles. The van der Waals surface area contributed by atoms with Crippen molar-refractivity contribution in [3.8, 4) is 0 Å². The maximum absolute atomic E-state index is 10.7. The maximum Gasteiger partial charge on any atom is 0.220 e. The third-order valence-electron chi connectivity index (χ3n) is 2.05. The van der Waals surface area contributed by atoms with E-state index in [1.807, 2.05) is 25.1 Å². The number of hydrogen-bond donors (Lipinski definition) is 1. The van der Waals surface area contributed by atoms with Crippen LogP contribution >= 0.6 is 0 Å². The molecule has 0 bridgehead atoms. The average Bonchev–Trinajstić information content (AvgIpc) is 2.15. The largest absolute Gasteiger partial charge is 0.369 e. The summed E-state index contributed by atoms with van der Waals surface area (Å²) in [6.45, 7) is 1.84. The van der Waals surface area contributed by atoms with Crippen molar-refractivity contribution in [3.63, 3.8) is 0 Å². The number of aromatic nitrogens is 1. The molecule has 1 unspecified atom stereocenters. The lowest BCUT2D eigenvalue weighted by Gasteiger charge is -2.05. The lowest BCUT2D eigenvalue weighted by molar-refractivity contribution is -0.121. The number of nitrogens with two attached hydrogens (primary N) is 1. The van der Waals surface area contributed by atoms with Gasteiger partial charge in [0.05, 0.1) is 0 Å². The van der Waals surface area contributed by atoms with Gasteiger partial charge in [-0.2, -0.15) is 0 Å². The summed E-state index contributed by atoms with van der Waals surface area (Å²) < 4.78 is 0. The summed E-state index contributed by atoms with van der Waals surface area (Å²) in [6.07, 6.45) is 3.33. The Bertz CT molecular complexity index is 272. The minimum atomic E-state index is -0.240. The summed E-state index contributed by atoms with van der Waals surface area (Å²) in [5.74, 6) is -0.307. The Kier molecular flexibility index (Phi) is 3.43. The van der Waals surface area contributed by atoms with E-state index in [4.69, 9.17) is 5.73 Å². The number of rotatable bonds is 4. The Morgan fingerprint density at radius 3 is 2.92 bits per heavy atom. The highest BCUT2D eigenvalue weighted by Crippen LogP contribution is 2.06. The predicted molar refractivity (Wildman–Crippen MR) is 50.9 cm³/mol. The molecule has 0 saturated carbocycles. The number of aryl methyl sites for hydroxylation is 1. The molecule has 3 heteroatoms. The van der Waals surface area contributed by atoms with Crippen LogP contribution in [0, 0.1) is 5.92 Å². The summed E-state index contributed by atoms with van der Waals surface area (Å²) in [7, 11) is 0. The molecule has 0 aliphatic rings. The maximum atomic E-state index is 10.7. The number of primary amides is 1. The van der Waals surface area contributed by atoms with E-state index in [1.165, 1.54) is 0 Å². The molecule has 3 nitrogen and oxygen atoms in total. The second-order valence-corrected chi connectivity index (χ2v) is 3.16. The fraction of sp³-hybridized carbons (Fsp3) is 0.400. The first-order chi connectivity index (χ1) is 6.20. The first-order valence-corrected chi connectivity index (χ1v) is 4.39. The van der Waals surface area contributed by atoms with Gasteiger partial charge in [-0.05, 0) is 25.0 Å². The van der Waals surface area contributed by atoms with Gasteiger partial charge in [-0.3, -0.25) is 9.78 Å². The minimum Gasteiger partial charge on any atom is -0.369 e. The molecule has 1 aromatic heterocycles. The molecule has 0 radical (unpaired) electrons. The normalized spacial score (nSPS) is 12.4. The summed E-state index contributed by atoms with van der Waals surface area (Å²) in [5.41, 5.74) is 6.15. The molecule has 2 N–H and O–H groups in total. The number of carbonyl (C=O) groups is 1. The van der Waals surface area contributed by atoms with Crippen LogP contribution in [0.2, 0.25) is 0 Å². The molecule has 0 fully saturated rings. The molecule has 0 spiro atoms. The number of hydrogen-bond acceptors (Lipinski definition) is 2. The Balaban J connectivity index is 2.39. The van der Waals surface area contributed by atoms with Crippen molar-refractivity contribution < 1.29 is 4.79 Å². The standard InChI is InChI=1S/C10H14N2O/c1-8(10(11)13)5-6-9-4-2-3-7-12-9/h2-4,7-8H,5-6H2,1H3,(H2,11,13). The van der Waals surface area contributed by atoms with E-state index in [0.717, 1.165) is 18.5 Å². The lowest BCUT2D eigenvalue weighted by Crippen LogP contribution is -2.20. The lowest BCUT2D eigenvalue weighted by atomic mass is 10.0. The van der Waals surface area contributed by atoms with Gasteiger partial charge in [0.1, 0.15) is 0 Å². The minimum absolute atomic E-state index is 0.0676. The van der Waals surface area contributed by atoms with Crippen molar-refractivity contribution in [2.24, 2.45) is 11.7 Å². The van der Waals surface area contributed by atoms with Gasteiger partial charge in [0.2, 0.25) is 5.91 Å². The molecule has 0 saturated heterocycles. The van der Waals surface area contributed by atoms with Gasteiger partial charge in [0, 0.05) is 17.8 Å². The molecule has 1 aromatic rings. The van der Waals surface area contributed by atoms with Crippen LogP contribution in [-0.4, -0.2) is 10.9 Å². The second kappa shape index (κ2) is 4.60. The zero-order chi connectivity index (χ0) is 9.68. The topological polar surface area (TPSA) is 56.0 Å². The van der Waals surface area contributed by atoms with Crippen LogP contribution in [0.25, 0.3) is 0 Å².